The van der Waals surface area contributed by atoms with Crippen molar-refractivity contribution in [2.24, 2.45) is 5.92 Å². The van der Waals surface area contributed by atoms with Crippen molar-refractivity contribution in [2.45, 2.75) is 26.3 Å². The zero-order valence-corrected chi connectivity index (χ0v) is 16.9. The molecule has 0 aliphatic rings. The van der Waals surface area contributed by atoms with Crippen LogP contribution in [0, 0.1) is 5.92 Å². The zero-order valence-electron chi connectivity index (χ0n) is 15.4. The number of halogens is 2. The predicted molar refractivity (Wildman–Crippen MR) is 112 cm³/mol. The lowest BCUT2D eigenvalue weighted by atomic mass is 10.0. The Bertz CT molecular complexity index is 983. The molecule has 28 heavy (non-hydrogen) atoms. The van der Waals surface area contributed by atoms with E-state index >= 15 is 0 Å². The Balaban J connectivity index is 1.76. The molecule has 1 aromatic heterocycles. The van der Waals surface area contributed by atoms with Gasteiger partial charge >= 0.3 is 0 Å². The Morgan fingerprint density at radius 2 is 1.89 bits per heavy atom. The Morgan fingerprint density at radius 1 is 1.14 bits per heavy atom. The molecule has 1 heterocycles. The van der Waals surface area contributed by atoms with Crippen LogP contribution in [0.1, 0.15) is 30.6 Å². The average molecular weight is 419 g/mol. The second-order valence-electron chi connectivity index (χ2n) is 6.87. The summed E-state index contributed by atoms with van der Waals surface area (Å²) in [6.07, 6.45) is 0.461. The van der Waals surface area contributed by atoms with E-state index in [1.54, 1.807) is 6.07 Å². The van der Waals surface area contributed by atoms with E-state index in [-0.39, 0.29) is 22.4 Å². The number of H-pyrrole nitrogens is 1. The summed E-state index contributed by atoms with van der Waals surface area (Å²) in [5.41, 5.74) is 1.82. The van der Waals surface area contributed by atoms with E-state index in [0.717, 1.165) is 11.0 Å². The number of rotatable bonds is 6. The van der Waals surface area contributed by atoms with Gasteiger partial charge in [0.2, 0.25) is 11.9 Å². The van der Waals surface area contributed by atoms with Gasteiger partial charge in [0.1, 0.15) is 6.04 Å². The largest absolute Gasteiger partial charge is 0.340 e. The molecule has 3 aromatic rings. The van der Waals surface area contributed by atoms with E-state index in [2.05, 4.69) is 20.6 Å². The minimum Gasteiger partial charge on any atom is -0.340 e. The molecule has 3 N–H and O–H groups in total. The van der Waals surface area contributed by atoms with Crippen molar-refractivity contribution in [3.05, 3.63) is 58.1 Å². The maximum Gasteiger partial charge on any atom is 0.253 e. The van der Waals surface area contributed by atoms with Gasteiger partial charge in [-0.2, -0.15) is 0 Å². The van der Waals surface area contributed by atoms with Crippen molar-refractivity contribution in [2.75, 3.05) is 5.32 Å². The number of benzene rings is 2. The second kappa shape index (κ2) is 8.63. The van der Waals surface area contributed by atoms with Crippen LogP contribution < -0.4 is 10.6 Å². The van der Waals surface area contributed by atoms with E-state index in [9.17, 15) is 9.59 Å². The Morgan fingerprint density at radius 3 is 2.57 bits per heavy atom. The van der Waals surface area contributed by atoms with Gasteiger partial charge in [-0.25, -0.2) is 4.98 Å². The van der Waals surface area contributed by atoms with Crippen molar-refractivity contribution < 1.29 is 9.59 Å². The number of imidazole rings is 1. The normalized spacial score (nSPS) is 12.2. The maximum absolute atomic E-state index is 12.8. The van der Waals surface area contributed by atoms with Gasteiger partial charge in [0, 0.05) is 5.02 Å². The summed E-state index contributed by atoms with van der Waals surface area (Å²) in [5.74, 6) is -0.274. The molecule has 0 aliphatic carbocycles. The molecular formula is C20H20Cl2N4O2. The van der Waals surface area contributed by atoms with E-state index < -0.39 is 11.9 Å². The SMILES string of the molecule is CC(C)CC(NC(=O)c1ccc(Cl)cc1Cl)C(=O)Nc1nc2ccccc2[nH]1. The molecule has 2 amide bonds. The summed E-state index contributed by atoms with van der Waals surface area (Å²) < 4.78 is 0. The molecule has 0 bridgehead atoms. The molecule has 0 fully saturated rings. The number of fused-ring (bicyclic) bond motifs is 1. The molecule has 8 heteroatoms. The van der Waals surface area contributed by atoms with E-state index in [1.807, 2.05) is 38.1 Å². The van der Waals surface area contributed by atoms with Crippen molar-refractivity contribution in [3.63, 3.8) is 0 Å². The number of aromatic nitrogens is 2. The monoisotopic (exact) mass is 418 g/mol. The average Bonchev–Trinajstić information content (AvgIpc) is 3.02. The minimum atomic E-state index is -0.743. The number of aromatic amines is 1. The van der Waals surface area contributed by atoms with Crippen molar-refractivity contribution in [3.8, 4) is 0 Å². The Kier molecular flexibility index (Phi) is 6.21. The number of nitrogens with zero attached hydrogens (tertiary/aromatic N) is 1. The first kappa shape index (κ1) is 20.2. The molecule has 1 unspecified atom stereocenters. The zero-order chi connectivity index (χ0) is 20.3. The summed E-state index contributed by atoms with van der Waals surface area (Å²) in [4.78, 5) is 32.8. The Hall–Kier alpha value is -2.57. The maximum atomic E-state index is 12.8. The molecule has 0 saturated carbocycles. The number of hydrogen-bond donors (Lipinski definition) is 3. The fraction of sp³-hybridized carbons (Fsp3) is 0.250. The first-order valence-electron chi connectivity index (χ1n) is 8.85. The van der Waals surface area contributed by atoms with Crippen LogP contribution in [-0.4, -0.2) is 27.8 Å². The predicted octanol–water partition coefficient (Wildman–Crippen LogP) is 4.65. The van der Waals surface area contributed by atoms with Crippen LogP contribution in [0.4, 0.5) is 5.95 Å². The van der Waals surface area contributed by atoms with Crippen LogP contribution in [-0.2, 0) is 4.79 Å². The molecule has 1 atom stereocenters. The third-order valence-corrected chi connectivity index (χ3v) is 4.68. The summed E-state index contributed by atoms with van der Waals surface area (Å²) in [7, 11) is 0. The van der Waals surface area contributed by atoms with Gasteiger partial charge < -0.3 is 10.3 Å². The van der Waals surface area contributed by atoms with E-state index in [4.69, 9.17) is 23.2 Å². The van der Waals surface area contributed by atoms with E-state index in [0.29, 0.717) is 17.4 Å². The highest BCUT2D eigenvalue weighted by atomic mass is 35.5. The first-order chi connectivity index (χ1) is 13.3. The fourth-order valence-corrected chi connectivity index (χ4v) is 3.32. The molecular weight excluding hydrogens is 399 g/mol. The molecule has 0 spiro atoms. The second-order valence-corrected chi connectivity index (χ2v) is 7.72. The fourth-order valence-electron chi connectivity index (χ4n) is 2.83. The van der Waals surface area contributed by atoms with Gasteiger partial charge in [0.05, 0.1) is 21.6 Å². The number of anilines is 1. The smallest absolute Gasteiger partial charge is 0.253 e. The quantitative estimate of drug-likeness (QED) is 0.544. The molecule has 0 radical (unpaired) electrons. The number of nitrogens with one attached hydrogen (secondary N) is 3. The van der Waals surface area contributed by atoms with Gasteiger partial charge in [-0.15, -0.1) is 0 Å². The van der Waals surface area contributed by atoms with Crippen LogP contribution in [0.5, 0.6) is 0 Å². The van der Waals surface area contributed by atoms with Crippen molar-refractivity contribution in [1.29, 1.82) is 0 Å². The standard InChI is InChI=1S/C20H20Cl2N4O2/c1-11(2)9-17(23-18(27)13-8-7-12(21)10-14(13)22)19(28)26-20-24-15-5-3-4-6-16(15)25-20/h3-8,10-11,17H,9H2,1-2H3,(H,23,27)(H2,24,25,26,28). The highest BCUT2D eigenvalue weighted by molar-refractivity contribution is 6.36. The molecule has 3 rings (SSSR count). The van der Waals surface area contributed by atoms with Crippen LogP contribution in [0.15, 0.2) is 42.5 Å². The molecule has 2 aromatic carbocycles. The highest BCUT2D eigenvalue weighted by Gasteiger charge is 2.24. The lowest BCUT2D eigenvalue weighted by Crippen LogP contribution is -2.44. The van der Waals surface area contributed by atoms with Crippen LogP contribution >= 0.6 is 23.2 Å². The summed E-state index contributed by atoms with van der Waals surface area (Å²) in [6.45, 7) is 3.95. The number of para-hydroxylation sites is 2. The number of amides is 2. The van der Waals surface area contributed by atoms with Crippen LogP contribution in [0.2, 0.25) is 10.0 Å². The third kappa shape index (κ3) is 4.82. The summed E-state index contributed by atoms with van der Waals surface area (Å²) in [5, 5.41) is 6.16. The Labute approximate surface area is 172 Å². The number of carbonyl (C=O) groups excluding carboxylic acids is 2. The van der Waals surface area contributed by atoms with Gasteiger partial charge in [-0.05, 0) is 42.7 Å². The first-order valence-corrected chi connectivity index (χ1v) is 9.60. The third-order valence-electron chi connectivity index (χ3n) is 4.14. The van der Waals surface area contributed by atoms with Gasteiger partial charge in [0.25, 0.3) is 5.91 Å². The van der Waals surface area contributed by atoms with Crippen molar-refractivity contribution >= 4 is 52.0 Å². The molecule has 0 aliphatic heterocycles. The van der Waals surface area contributed by atoms with Crippen LogP contribution in [0.3, 0.4) is 0 Å². The van der Waals surface area contributed by atoms with Gasteiger partial charge in [-0.3, -0.25) is 14.9 Å². The lowest BCUT2D eigenvalue weighted by molar-refractivity contribution is -0.118. The minimum absolute atomic E-state index is 0.187. The molecule has 0 saturated heterocycles. The lowest BCUT2D eigenvalue weighted by Gasteiger charge is -2.20. The van der Waals surface area contributed by atoms with Crippen LogP contribution in [0.25, 0.3) is 11.0 Å². The highest BCUT2D eigenvalue weighted by Crippen LogP contribution is 2.21. The summed E-state index contributed by atoms with van der Waals surface area (Å²) in [6, 6.07) is 11.3. The van der Waals surface area contributed by atoms with Crippen molar-refractivity contribution in [1.82, 2.24) is 15.3 Å². The van der Waals surface area contributed by atoms with Gasteiger partial charge in [-0.1, -0.05) is 49.2 Å². The van der Waals surface area contributed by atoms with E-state index in [1.165, 1.54) is 12.1 Å². The topological polar surface area (TPSA) is 86.9 Å². The molecule has 146 valence electrons. The summed E-state index contributed by atoms with van der Waals surface area (Å²) >= 11 is 12.0. The molecule has 6 nitrogen and oxygen atoms in total. The van der Waals surface area contributed by atoms with Gasteiger partial charge in [0.15, 0.2) is 0 Å². The number of carbonyl (C=O) groups is 2. The number of hydrogen-bond acceptors (Lipinski definition) is 3.